The van der Waals surface area contributed by atoms with Crippen molar-refractivity contribution in [1.82, 2.24) is 0 Å². The number of methoxy groups -OCH3 is 2. The maximum absolute atomic E-state index is 5.44. The summed E-state index contributed by atoms with van der Waals surface area (Å²) in [6, 6.07) is 0. The Balaban J connectivity index is 3.52. The second-order valence-corrected chi connectivity index (χ2v) is 4.78. The van der Waals surface area contributed by atoms with Gasteiger partial charge in [-0.2, -0.15) is 0 Å². The summed E-state index contributed by atoms with van der Waals surface area (Å²) in [5.41, 5.74) is 0. The van der Waals surface area contributed by atoms with E-state index in [1.54, 1.807) is 28.4 Å². The first kappa shape index (κ1) is 15.0. The molecule has 0 aromatic carbocycles. The molecule has 91 valence electrons. The van der Waals surface area contributed by atoms with Crippen molar-refractivity contribution in [1.29, 1.82) is 0 Å². The molecule has 1 atom stereocenters. The zero-order valence-corrected chi connectivity index (χ0v) is 10.9. The largest absolute Gasteiger partial charge is 0.412 e. The van der Waals surface area contributed by atoms with Gasteiger partial charge in [-0.1, -0.05) is 0 Å². The Kier molecular flexibility index (Phi) is 10.5. The van der Waals surface area contributed by atoms with E-state index in [1.807, 2.05) is 0 Å². The summed E-state index contributed by atoms with van der Waals surface area (Å²) in [6.07, 6.45) is 1.40. The lowest BCUT2D eigenvalue weighted by Crippen LogP contribution is -2.29. The molecular formula is C9H21O5Si. The molecule has 1 radical (unpaired) electrons. The summed E-state index contributed by atoms with van der Waals surface area (Å²) in [7, 11) is 5.33. The molecule has 6 heteroatoms. The Labute approximate surface area is 93.5 Å². The van der Waals surface area contributed by atoms with Gasteiger partial charge in [0.2, 0.25) is 0 Å². The summed E-state index contributed by atoms with van der Waals surface area (Å²) in [4.78, 5) is 0. The van der Waals surface area contributed by atoms with Gasteiger partial charge in [0.25, 0.3) is 0 Å². The average molecular weight is 237 g/mol. The molecule has 0 aromatic rings. The van der Waals surface area contributed by atoms with E-state index in [9.17, 15) is 0 Å². The van der Waals surface area contributed by atoms with Crippen molar-refractivity contribution >= 4 is 9.28 Å². The first-order valence-electron chi connectivity index (χ1n) is 4.81. The molecule has 0 bridgehead atoms. The Morgan fingerprint density at radius 1 is 1.07 bits per heavy atom. The van der Waals surface area contributed by atoms with Crippen LogP contribution in [0.25, 0.3) is 0 Å². The Hall–Kier alpha value is 0.0169. The van der Waals surface area contributed by atoms with Crippen LogP contribution in [0.15, 0.2) is 0 Å². The van der Waals surface area contributed by atoms with Crippen LogP contribution in [0.4, 0.5) is 0 Å². The van der Waals surface area contributed by atoms with Crippen LogP contribution in [0.1, 0.15) is 6.42 Å². The summed E-state index contributed by atoms with van der Waals surface area (Å²) in [6.45, 7) is 1.22. The van der Waals surface area contributed by atoms with Crippen molar-refractivity contribution in [2.75, 3.05) is 47.9 Å². The summed E-state index contributed by atoms with van der Waals surface area (Å²) < 4.78 is 25.8. The van der Waals surface area contributed by atoms with Crippen LogP contribution in [0.5, 0.6) is 0 Å². The first-order chi connectivity index (χ1) is 7.28. The van der Waals surface area contributed by atoms with Crippen molar-refractivity contribution in [2.45, 2.75) is 12.5 Å². The lowest BCUT2D eigenvalue weighted by molar-refractivity contribution is -0.000772. The second kappa shape index (κ2) is 10.5. The molecule has 0 rings (SSSR count). The molecule has 1 unspecified atom stereocenters. The minimum absolute atomic E-state index is 0.0712. The van der Waals surface area contributed by atoms with Gasteiger partial charge in [-0.05, 0) is 6.42 Å². The third kappa shape index (κ3) is 7.89. The minimum Gasteiger partial charge on any atom is -0.395 e. The third-order valence-electron chi connectivity index (χ3n) is 1.96. The topological polar surface area (TPSA) is 46.2 Å². The van der Waals surface area contributed by atoms with Gasteiger partial charge < -0.3 is 23.1 Å². The van der Waals surface area contributed by atoms with Gasteiger partial charge in [0, 0.05) is 35.0 Å². The van der Waals surface area contributed by atoms with E-state index in [-0.39, 0.29) is 6.10 Å². The summed E-state index contributed by atoms with van der Waals surface area (Å²) in [5, 5.41) is 0. The van der Waals surface area contributed by atoms with Gasteiger partial charge in [-0.3, -0.25) is 0 Å². The summed E-state index contributed by atoms with van der Waals surface area (Å²) >= 11 is 0. The lowest BCUT2D eigenvalue weighted by Gasteiger charge is -2.16. The fourth-order valence-corrected chi connectivity index (χ4v) is 1.68. The van der Waals surface area contributed by atoms with Crippen LogP contribution in [0.2, 0.25) is 0 Å². The maximum Gasteiger partial charge on any atom is 0.412 e. The molecule has 0 fully saturated rings. The molecule has 15 heavy (non-hydrogen) atoms. The molecule has 0 aliphatic heterocycles. The van der Waals surface area contributed by atoms with Crippen molar-refractivity contribution in [3.63, 3.8) is 0 Å². The molecule has 0 aliphatic carbocycles. The van der Waals surface area contributed by atoms with Crippen LogP contribution in [-0.2, 0) is 23.1 Å². The molecule has 0 N–H and O–H groups in total. The molecular weight excluding hydrogens is 216 g/mol. The van der Waals surface area contributed by atoms with Crippen molar-refractivity contribution in [3.05, 3.63) is 0 Å². The van der Waals surface area contributed by atoms with E-state index in [2.05, 4.69) is 0 Å². The van der Waals surface area contributed by atoms with Gasteiger partial charge in [0.05, 0.1) is 18.9 Å². The van der Waals surface area contributed by atoms with E-state index in [1.165, 1.54) is 0 Å². The second-order valence-electron chi connectivity index (χ2n) is 2.93. The number of ether oxygens (including phenoxy) is 3. The monoisotopic (exact) mass is 237 g/mol. The molecule has 0 aromatic heterocycles. The van der Waals surface area contributed by atoms with Gasteiger partial charge in [0.15, 0.2) is 0 Å². The van der Waals surface area contributed by atoms with Crippen LogP contribution in [0.3, 0.4) is 0 Å². The molecule has 0 saturated heterocycles. The van der Waals surface area contributed by atoms with Crippen LogP contribution in [0, 0.1) is 0 Å². The quantitative estimate of drug-likeness (QED) is 0.514. The van der Waals surface area contributed by atoms with Gasteiger partial charge in [-0.25, -0.2) is 0 Å². The Bertz CT molecular complexity index is 132. The standard InChI is InChI=1S/C9H21O5Si/c1-10-6-5-9(11-2)7-14-8-15(12-3)13-4/h9H,5-8H2,1-4H3. The Morgan fingerprint density at radius 2 is 1.73 bits per heavy atom. The fraction of sp³-hybridized carbons (Fsp3) is 1.00. The van der Waals surface area contributed by atoms with E-state index < -0.39 is 9.28 Å². The lowest BCUT2D eigenvalue weighted by atomic mass is 10.3. The predicted molar refractivity (Wildman–Crippen MR) is 57.9 cm³/mol. The highest BCUT2D eigenvalue weighted by Crippen LogP contribution is 1.99. The molecule has 0 aliphatic rings. The maximum atomic E-state index is 5.44. The van der Waals surface area contributed by atoms with Crippen molar-refractivity contribution < 1.29 is 23.1 Å². The Morgan fingerprint density at radius 3 is 2.20 bits per heavy atom. The number of hydrogen-bond donors (Lipinski definition) is 0. The first-order valence-corrected chi connectivity index (χ1v) is 6.34. The molecule has 5 nitrogen and oxygen atoms in total. The minimum atomic E-state index is -1.26. The SMILES string of the molecule is COCCC(COC[Si](OC)OC)OC. The zero-order chi connectivity index (χ0) is 11.5. The predicted octanol–water partition coefficient (Wildman–Crippen LogP) is 0.375. The highest BCUT2D eigenvalue weighted by molar-refractivity contribution is 6.44. The normalized spacial score (nSPS) is 13.4. The third-order valence-corrected chi connectivity index (χ3v) is 3.31. The summed E-state index contributed by atoms with van der Waals surface area (Å²) in [5.74, 6) is 0. The van der Waals surface area contributed by atoms with Gasteiger partial charge in [-0.15, -0.1) is 0 Å². The van der Waals surface area contributed by atoms with E-state index >= 15 is 0 Å². The van der Waals surface area contributed by atoms with Gasteiger partial charge in [0.1, 0.15) is 0 Å². The van der Waals surface area contributed by atoms with Gasteiger partial charge >= 0.3 is 9.28 Å². The zero-order valence-electron chi connectivity index (χ0n) is 9.95. The van der Waals surface area contributed by atoms with E-state index in [4.69, 9.17) is 23.1 Å². The van der Waals surface area contributed by atoms with E-state index in [0.29, 0.717) is 19.4 Å². The number of hydrogen-bond acceptors (Lipinski definition) is 5. The fourth-order valence-electron chi connectivity index (χ4n) is 0.993. The molecule has 0 saturated carbocycles. The van der Waals surface area contributed by atoms with Crippen molar-refractivity contribution in [2.24, 2.45) is 0 Å². The average Bonchev–Trinajstić information content (AvgIpc) is 2.28. The number of rotatable bonds is 10. The van der Waals surface area contributed by atoms with Crippen LogP contribution in [-0.4, -0.2) is 63.3 Å². The highest BCUT2D eigenvalue weighted by atomic mass is 28.3. The highest BCUT2D eigenvalue weighted by Gasteiger charge is 2.14. The van der Waals surface area contributed by atoms with Crippen LogP contribution < -0.4 is 0 Å². The van der Waals surface area contributed by atoms with E-state index in [0.717, 1.165) is 6.42 Å². The smallest absolute Gasteiger partial charge is 0.395 e. The van der Waals surface area contributed by atoms with Crippen molar-refractivity contribution in [3.8, 4) is 0 Å². The molecule has 0 spiro atoms. The molecule has 0 amide bonds. The van der Waals surface area contributed by atoms with Crippen LogP contribution >= 0.6 is 0 Å². The molecule has 0 heterocycles.